The SMILES string of the molecule is CCOC(=O)C1=C(CN2CCN(C(=O)c3ccccc3)[C@H](C)C2)N(C)C(=O)N[C@H]1c1cccc(OC)c1OC. The summed E-state index contributed by atoms with van der Waals surface area (Å²) in [4.78, 5) is 45.1. The van der Waals surface area contributed by atoms with Gasteiger partial charge in [-0.15, -0.1) is 0 Å². The topological polar surface area (TPSA) is 101 Å². The lowest BCUT2D eigenvalue weighted by molar-refractivity contribution is -0.139. The molecule has 0 unspecified atom stereocenters. The smallest absolute Gasteiger partial charge is 0.338 e. The first-order chi connectivity index (χ1) is 18.8. The molecule has 1 fully saturated rings. The molecule has 0 aliphatic carbocycles. The highest BCUT2D eigenvalue weighted by Crippen LogP contribution is 2.40. The van der Waals surface area contributed by atoms with E-state index in [1.54, 1.807) is 32.2 Å². The maximum Gasteiger partial charge on any atom is 0.338 e. The van der Waals surface area contributed by atoms with E-state index in [-0.39, 0.29) is 24.6 Å². The number of esters is 1. The number of nitrogens with one attached hydrogen (secondary N) is 1. The van der Waals surface area contributed by atoms with Crippen molar-refractivity contribution >= 4 is 17.9 Å². The fourth-order valence-corrected chi connectivity index (χ4v) is 5.21. The van der Waals surface area contributed by atoms with Crippen LogP contribution in [0.2, 0.25) is 0 Å². The number of urea groups is 1. The highest BCUT2D eigenvalue weighted by molar-refractivity contribution is 5.96. The third-order valence-corrected chi connectivity index (χ3v) is 7.18. The zero-order valence-corrected chi connectivity index (χ0v) is 23.1. The Morgan fingerprint density at radius 1 is 1.03 bits per heavy atom. The molecule has 10 nitrogen and oxygen atoms in total. The van der Waals surface area contributed by atoms with Crippen LogP contribution in [0.1, 0.15) is 35.8 Å². The van der Waals surface area contributed by atoms with Crippen LogP contribution >= 0.6 is 0 Å². The molecule has 3 amide bonds. The number of piperazine rings is 1. The van der Waals surface area contributed by atoms with Gasteiger partial charge in [0.2, 0.25) is 0 Å². The van der Waals surface area contributed by atoms with Gasteiger partial charge in [-0.25, -0.2) is 9.59 Å². The number of ether oxygens (including phenoxy) is 3. The van der Waals surface area contributed by atoms with E-state index in [4.69, 9.17) is 14.2 Å². The average Bonchev–Trinajstić information content (AvgIpc) is 2.95. The number of hydrogen-bond acceptors (Lipinski definition) is 7. The number of carbonyl (C=O) groups excluding carboxylic acids is 3. The highest BCUT2D eigenvalue weighted by atomic mass is 16.5. The quantitative estimate of drug-likeness (QED) is 0.518. The minimum absolute atomic E-state index is 0.00600. The second-order valence-corrected chi connectivity index (χ2v) is 9.55. The molecule has 2 atom stereocenters. The van der Waals surface area contributed by atoms with Crippen molar-refractivity contribution in [2.24, 2.45) is 0 Å². The molecule has 0 spiro atoms. The molecule has 1 saturated heterocycles. The monoisotopic (exact) mass is 536 g/mol. The van der Waals surface area contributed by atoms with Gasteiger partial charge in [-0.05, 0) is 32.0 Å². The summed E-state index contributed by atoms with van der Waals surface area (Å²) in [6, 6.07) is 13.4. The largest absolute Gasteiger partial charge is 0.493 e. The van der Waals surface area contributed by atoms with Gasteiger partial charge in [0.05, 0.1) is 32.4 Å². The van der Waals surface area contributed by atoms with Crippen LogP contribution in [0, 0.1) is 0 Å². The number of likely N-dealkylation sites (N-methyl/N-ethyl adjacent to an activating group) is 1. The predicted octanol–water partition coefficient (Wildman–Crippen LogP) is 3.06. The van der Waals surface area contributed by atoms with E-state index in [0.717, 1.165) is 0 Å². The minimum Gasteiger partial charge on any atom is -0.493 e. The van der Waals surface area contributed by atoms with E-state index in [0.29, 0.717) is 60.1 Å². The van der Waals surface area contributed by atoms with Crippen LogP contribution in [0.5, 0.6) is 11.5 Å². The number of rotatable bonds is 8. The van der Waals surface area contributed by atoms with Gasteiger partial charge in [0.15, 0.2) is 11.5 Å². The lowest BCUT2D eigenvalue weighted by Crippen LogP contribution is -2.56. The molecule has 208 valence electrons. The first-order valence-electron chi connectivity index (χ1n) is 13.0. The van der Waals surface area contributed by atoms with Crippen molar-refractivity contribution in [2.75, 3.05) is 54.1 Å². The molecule has 2 aromatic rings. The number of para-hydroxylation sites is 1. The Bertz CT molecular complexity index is 1250. The van der Waals surface area contributed by atoms with Crippen LogP contribution in [-0.4, -0.2) is 92.7 Å². The van der Waals surface area contributed by atoms with Crippen LogP contribution in [0.25, 0.3) is 0 Å². The maximum atomic E-state index is 13.4. The second kappa shape index (κ2) is 12.2. The van der Waals surface area contributed by atoms with Gasteiger partial charge in [0, 0.05) is 56.1 Å². The van der Waals surface area contributed by atoms with Crippen molar-refractivity contribution in [1.82, 2.24) is 20.0 Å². The van der Waals surface area contributed by atoms with Gasteiger partial charge in [0.25, 0.3) is 5.91 Å². The molecular weight excluding hydrogens is 500 g/mol. The van der Waals surface area contributed by atoms with E-state index >= 15 is 0 Å². The zero-order chi connectivity index (χ0) is 28.1. The van der Waals surface area contributed by atoms with Crippen LogP contribution < -0.4 is 14.8 Å². The van der Waals surface area contributed by atoms with Gasteiger partial charge in [-0.1, -0.05) is 30.3 Å². The van der Waals surface area contributed by atoms with Crippen LogP contribution in [0.4, 0.5) is 4.79 Å². The summed E-state index contributed by atoms with van der Waals surface area (Å²) in [6.45, 7) is 5.97. The Kier molecular flexibility index (Phi) is 8.75. The zero-order valence-electron chi connectivity index (χ0n) is 23.1. The summed E-state index contributed by atoms with van der Waals surface area (Å²) >= 11 is 0. The number of amides is 3. The van der Waals surface area contributed by atoms with E-state index in [2.05, 4.69) is 10.2 Å². The molecule has 4 rings (SSSR count). The Balaban J connectivity index is 1.66. The van der Waals surface area contributed by atoms with Crippen molar-refractivity contribution in [1.29, 1.82) is 0 Å². The van der Waals surface area contributed by atoms with Gasteiger partial charge < -0.3 is 24.4 Å². The summed E-state index contributed by atoms with van der Waals surface area (Å²) in [5.74, 6) is 0.396. The van der Waals surface area contributed by atoms with Gasteiger partial charge in [-0.3, -0.25) is 14.6 Å². The molecule has 2 heterocycles. The molecule has 2 aliphatic rings. The van der Waals surface area contributed by atoms with Gasteiger partial charge >= 0.3 is 12.0 Å². The Hall–Kier alpha value is -4.05. The van der Waals surface area contributed by atoms with Crippen molar-refractivity contribution in [3.8, 4) is 11.5 Å². The molecule has 2 aliphatic heterocycles. The Morgan fingerprint density at radius 2 is 1.77 bits per heavy atom. The number of hydrogen-bond donors (Lipinski definition) is 1. The van der Waals surface area contributed by atoms with E-state index < -0.39 is 12.0 Å². The predicted molar refractivity (Wildman–Crippen MR) is 146 cm³/mol. The molecule has 10 heteroatoms. The lowest BCUT2D eigenvalue weighted by atomic mass is 9.93. The van der Waals surface area contributed by atoms with Gasteiger partial charge in [0.1, 0.15) is 0 Å². The standard InChI is InChI=1S/C29H36N4O6/c1-6-39-28(35)24-22(18-32-15-16-33(19(2)17-32)27(34)20-11-8-7-9-12-20)31(3)29(36)30-25(24)21-13-10-14-23(37-4)26(21)38-5/h7-14,19,25H,6,15-18H2,1-5H3,(H,30,36)/t19-,25+/m1/s1. The third-order valence-electron chi connectivity index (χ3n) is 7.18. The number of nitrogens with zero attached hydrogens (tertiary/aromatic N) is 3. The van der Waals surface area contributed by atoms with E-state index in [1.807, 2.05) is 42.2 Å². The fourth-order valence-electron chi connectivity index (χ4n) is 5.21. The first kappa shape index (κ1) is 28.0. The number of methoxy groups -OCH3 is 2. The molecule has 0 radical (unpaired) electrons. The Morgan fingerprint density at radius 3 is 2.41 bits per heavy atom. The normalized spacial score (nSPS) is 20.0. The third kappa shape index (κ3) is 5.70. The molecular formula is C29H36N4O6. The summed E-state index contributed by atoms with van der Waals surface area (Å²) in [5, 5.41) is 2.94. The lowest BCUT2D eigenvalue weighted by Gasteiger charge is -2.42. The minimum atomic E-state index is -0.800. The fraction of sp³-hybridized carbons (Fsp3) is 0.414. The van der Waals surface area contributed by atoms with Crippen LogP contribution in [0.15, 0.2) is 59.8 Å². The first-order valence-corrected chi connectivity index (χ1v) is 13.0. The molecule has 0 saturated carbocycles. The Labute approximate surface area is 229 Å². The number of benzene rings is 2. The summed E-state index contributed by atoms with van der Waals surface area (Å²) in [5.41, 5.74) is 2.12. The average molecular weight is 537 g/mol. The highest BCUT2D eigenvalue weighted by Gasteiger charge is 2.40. The van der Waals surface area contributed by atoms with Crippen molar-refractivity contribution < 1.29 is 28.6 Å². The van der Waals surface area contributed by atoms with E-state index in [1.165, 1.54) is 19.1 Å². The van der Waals surface area contributed by atoms with Crippen molar-refractivity contribution in [3.05, 3.63) is 70.9 Å². The summed E-state index contributed by atoms with van der Waals surface area (Å²) in [6.07, 6.45) is 0. The van der Waals surface area contributed by atoms with Crippen molar-refractivity contribution in [2.45, 2.75) is 25.9 Å². The molecule has 39 heavy (non-hydrogen) atoms. The van der Waals surface area contributed by atoms with Crippen LogP contribution in [-0.2, 0) is 9.53 Å². The molecule has 1 N–H and O–H groups in total. The van der Waals surface area contributed by atoms with Gasteiger partial charge in [-0.2, -0.15) is 0 Å². The summed E-state index contributed by atoms with van der Waals surface area (Å²) in [7, 11) is 4.69. The number of carbonyl (C=O) groups is 3. The van der Waals surface area contributed by atoms with E-state index in [9.17, 15) is 14.4 Å². The van der Waals surface area contributed by atoms with Crippen LogP contribution in [0.3, 0.4) is 0 Å². The summed E-state index contributed by atoms with van der Waals surface area (Å²) < 4.78 is 16.6. The molecule has 0 aromatic heterocycles. The molecule has 2 aromatic carbocycles. The second-order valence-electron chi connectivity index (χ2n) is 9.55. The van der Waals surface area contributed by atoms with Crippen molar-refractivity contribution in [3.63, 3.8) is 0 Å². The molecule has 0 bridgehead atoms. The maximum absolute atomic E-state index is 13.4.